The fourth-order valence-electron chi connectivity index (χ4n) is 1.90. The smallest absolute Gasteiger partial charge is 0.264 e. The summed E-state index contributed by atoms with van der Waals surface area (Å²) in [7, 11) is -3.89. The molecule has 4 nitrogen and oxygen atoms in total. The maximum absolute atomic E-state index is 12.8. The molecule has 0 atom stereocenters. The number of hydrogen-bond donors (Lipinski definition) is 0. The number of benzene rings is 2. The van der Waals surface area contributed by atoms with E-state index >= 15 is 0 Å². The Labute approximate surface area is 142 Å². The molecule has 0 N–H and O–H groups in total. The minimum atomic E-state index is -3.89. The van der Waals surface area contributed by atoms with Crippen LogP contribution in [0.15, 0.2) is 57.9 Å². The zero-order valence-corrected chi connectivity index (χ0v) is 14.8. The molecule has 0 saturated heterocycles. The lowest BCUT2D eigenvalue weighted by Gasteiger charge is -2.24. The fraction of sp³-hybridized carbons (Fsp3) is 0.133. The first-order valence-corrected chi connectivity index (χ1v) is 8.96. The van der Waals surface area contributed by atoms with E-state index in [1.807, 2.05) is 6.92 Å². The van der Waals surface area contributed by atoms with Gasteiger partial charge in [0.1, 0.15) is 6.54 Å². The van der Waals surface area contributed by atoms with Crippen LogP contribution in [0.1, 0.15) is 5.56 Å². The first kappa shape index (κ1) is 17.0. The number of anilines is 1. The molecule has 2 aromatic carbocycles. The average molecular weight is 403 g/mol. The van der Waals surface area contributed by atoms with Crippen molar-refractivity contribution in [2.75, 3.05) is 10.8 Å². The van der Waals surface area contributed by atoms with E-state index in [-0.39, 0.29) is 4.90 Å². The molecule has 22 heavy (non-hydrogen) atoms. The molecule has 0 bridgehead atoms. The Morgan fingerprint density at radius 3 is 2.27 bits per heavy atom. The highest BCUT2D eigenvalue weighted by atomic mass is 79.9. The van der Waals surface area contributed by atoms with Gasteiger partial charge >= 0.3 is 0 Å². The Balaban J connectivity index is 2.56. The van der Waals surface area contributed by atoms with Crippen LogP contribution in [0.3, 0.4) is 0 Å². The third-order valence-corrected chi connectivity index (χ3v) is 5.56. The molecule has 0 fully saturated rings. The molecule has 0 saturated carbocycles. The maximum atomic E-state index is 12.8. The SMILES string of the molecule is Cc1ccc(S(=O)(=O)N(CC(=O)Cl)c2ccccc2Br)cc1. The van der Waals surface area contributed by atoms with E-state index in [9.17, 15) is 13.2 Å². The number of nitrogens with zero attached hydrogens (tertiary/aromatic N) is 1. The van der Waals surface area contributed by atoms with Crippen LogP contribution in [-0.4, -0.2) is 20.2 Å². The largest absolute Gasteiger partial charge is 0.279 e. The molecule has 0 amide bonds. The summed E-state index contributed by atoms with van der Waals surface area (Å²) in [6.45, 7) is 1.42. The first-order chi connectivity index (χ1) is 10.3. The van der Waals surface area contributed by atoms with Gasteiger partial charge in [0.25, 0.3) is 10.0 Å². The molecular weight excluding hydrogens is 390 g/mol. The summed E-state index contributed by atoms with van der Waals surface area (Å²) in [5.74, 6) is 0. The Kier molecular flexibility index (Phi) is 5.26. The van der Waals surface area contributed by atoms with Gasteiger partial charge in [0.15, 0.2) is 0 Å². The molecule has 116 valence electrons. The van der Waals surface area contributed by atoms with Gasteiger partial charge in [-0.2, -0.15) is 0 Å². The van der Waals surface area contributed by atoms with Crippen molar-refractivity contribution in [3.8, 4) is 0 Å². The number of carbonyl (C=O) groups is 1. The zero-order chi connectivity index (χ0) is 16.3. The number of para-hydroxylation sites is 1. The van der Waals surface area contributed by atoms with Crippen LogP contribution >= 0.6 is 27.5 Å². The van der Waals surface area contributed by atoms with Crippen LogP contribution in [0.25, 0.3) is 0 Å². The fourth-order valence-corrected chi connectivity index (χ4v) is 4.15. The van der Waals surface area contributed by atoms with E-state index in [1.54, 1.807) is 36.4 Å². The Hall–Kier alpha value is -1.37. The van der Waals surface area contributed by atoms with Crippen LogP contribution in [0, 0.1) is 6.92 Å². The first-order valence-electron chi connectivity index (χ1n) is 6.34. The number of aryl methyl sites for hydroxylation is 1. The lowest BCUT2D eigenvalue weighted by Crippen LogP contribution is -2.34. The summed E-state index contributed by atoms with van der Waals surface area (Å²) >= 11 is 8.74. The normalized spacial score (nSPS) is 11.2. The zero-order valence-electron chi connectivity index (χ0n) is 11.7. The molecule has 0 aliphatic carbocycles. The van der Waals surface area contributed by atoms with Crippen molar-refractivity contribution in [2.24, 2.45) is 0 Å². The minimum Gasteiger partial charge on any atom is -0.279 e. The summed E-state index contributed by atoms with van der Waals surface area (Å²) < 4.78 is 27.2. The van der Waals surface area contributed by atoms with Gasteiger partial charge in [-0.15, -0.1) is 0 Å². The van der Waals surface area contributed by atoms with E-state index in [2.05, 4.69) is 15.9 Å². The van der Waals surface area contributed by atoms with Crippen molar-refractivity contribution >= 4 is 48.5 Å². The number of hydrogen-bond acceptors (Lipinski definition) is 3. The monoisotopic (exact) mass is 401 g/mol. The second kappa shape index (κ2) is 6.81. The predicted octanol–water partition coefficient (Wildman–Crippen LogP) is 3.72. The van der Waals surface area contributed by atoms with E-state index in [1.165, 1.54) is 12.1 Å². The third-order valence-electron chi connectivity index (χ3n) is 3.00. The van der Waals surface area contributed by atoms with E-state index in [4.69, 9.17) is 11.6 Å². The highest BCUT2D eigenvalue weighted by Gasteiger charge is 2.27. The second-order valence-corrected chi connectivity index (χ2v) is 7.77. The molecule has 2 rings (SSSR count). The Morgan fingerprint density at radius 2 is 1.73 bits per heavy atom. The molecule has 0 aliphatic heterocycles. The molecule has 2 aromatic rings. The van der Waals surface area contributed by atoms with Crippen molar-refractivity contribution in [2.45, 2.75) is 11.8 Å². The van der Waals surface area contributed by atoms with Crippen LogP contribution in [0.2, 0.25) is 0 Å². The number of rotatable bonds is 5. The summed E-state index contributed by atoms with van der Waals surface area (Å²) in [5.41, 5.74) is 1.30. The average Bonchev–Trinajstić information content (AvgIpc) is 2.46. The lowest BCUT2D eigenvalue weighted by atomic mass is 10.2. The van der Waals surface area contributed by atoms with E-state index in [0.29, 0.717) is 10.2 Å². The predicted molar refractivity (Wildman–Crippen MR) is 90.7 cm³/mol. The number of sulfonamides is 1. The quantitative estimate of drug-likeness (QED) is 0.716. The maximum Gasteiger partial charge on any atom is 0.264 e. The van der Waals surface area contributed by atoms with Crippen LogP contribution in [0.5, 0.6) is 0 Å². The van der Waals surface area contributed by atoms with Crippen molar-refractivity contribution in [1.29, 1.82) is 0 Å². The molecule has 0 aliphatic rings. The Morgan fingerprint density at radius 1 is 1.14 bits per heavy atom. The minimum absolute atomic E-state index is 0.103. The highest BCUT2D eigenvalue weighted by molar-refractivity contribution is 9.10. The molecule has 0 heterocycles. The summed E-state index contributed by atoms with van der Waals surface area (Å²) in [5, 5.41) is -0.758. The third kappa shape index (κ3) is 3.69. The molecule has 7 heteroatoms. The number of carbonyl (C=O) groups excluding carboxylic acids is 1. The second-order valence-electron chi connectivity index (χ2n) is 4.63. The topological polar surface area (TPSA) is 54.5 Å². The van der Waals surface area contributed by atoms with Crippen molar-refractivity contribution < 1.29 is 13.2 Å². The van der Waals surface area contributed by atoms with Gasteiger partial charge in [0.2, 0.25) is 5.24 Å². The lowest BCUT2D eigenvalue weighted by molar-refractivity contribution is -0.110. The molecule has 0 spiro atoms. The Bertz CT molecular complexity index is 791. The van der Waals surface area contributed by atoms with Crippen molar-refractivity contribution in [1.82, 2.24) is 0 Å². The van der Waals surface area contributed by atoms with E-state index < -0.39 is 21.8 Å². The highest BCUT2D eigenvalue weighted by Crippen LogP contribution is 2.30. The van der Waals surface area contributed by atoms with Crippen LogP contribution < -0.4 is 4.31 Å². The van der Waals surface area contributed by atoms with Crippen molar-refractivity contribution in [3.05, 3.63) is 58.6 Å². The molecule has 0 aromatic heterocycles. The van der Waals surface area contributed by atoms with Gasteiger partial charge in [-0.1, -0.05) is 29.8 Å². The van der Waals surface area contributed by atoms with E-state index in [0.717, 1.165) is 9.87 Å². The van der Waals surface area contributed by atoms with Gasteiger partial charge in [-0.05, 0) is 58.7 Å². The molecular formula is C15H13BrClNO3S. The van der Waals surface area contributed by atoms with Gasteiger partial charge < -0.3 is 0 Å². The van der Waals surface area contributed by atoms with Gasteiger partial charge in [-0.25, -0.2) is 8.42 Å². The van der Waals surface area contributed by atoms with Crippen LogP contribution in [0.4, 0.5) is 5.69 Å². The van der Waals surface area contributed by atoms with Gasteiger partial charge in [0.05, 0.1) is 10.6 Å². The van der Waals surface area contributed by atoms with Gasteiger partial charge in [-0.3, -0.25) is 9.10 Å². The summed E-state index contributed by atoms with van der Waals surface area (Å²) in [6.07, 6.45) is 0. The standard InChI is InChI=1S/C15H13BrClNO3S/c1-11-6-8-12(9-7-11)22(20,21)18(10-15(17)19)14-5-3-2-4-13(14)16/h2-9H,10H2,1H3. The van der Waals surface area contributed by atoms with Gasteiger partial charge in [0, 0.05) is 4.47 Å². The van der Waals surface area contributed by atoms with Crippen LogP contribution in [-0.2, 0) is 14.8 Å². The summed E-state index contributed by atoms with van der Waals surface area (Å²) in [4.78, 5) is 11.4. The summed E-state index contributed by atoms with van der Waals surface area (Å²) in [6, 6.07) is 13.2. The molecule has 0 radical (unpaired) electrons. The number of halogens is 2. The van der Waals surface area contributed by atoms with Crippen molar-refractivity contribution in [3.63, 3.8) is 0 Å². The molecule has 0 unspecified atom stereocenters.